The molecular weight excluding hydrogens is 360 g/mol. The lowest BCUT2D eigenvalue weighted by molar-refractivity contribution is -0.117. The SMILES string of the molecule is COc1ccc(NC(=O)CN(C)C(=O)c2ccc(NC(=O)CC#N)cc2)cc1. The van der Waals surface area contributed by atoms with E-state index in [4.69, 9.17) is 10.00 Å². The molecule has 0 saturated heterocycles. The molecule has 0 heterocycles. The van der Waals surface area contributed by atoms with E-state index in [1.165, 1.54) is 11.9 Å². The third kappa shape index (κ3) is 5.85. The van der Waals surface area contributed by atoms with Gasteiger partial charge in [-0.05, 0) is 48.5 Å². The molecular formula is C20H20N4O4. The van der Waals surface area contributed by atoms with E-state index in [1.807, 2.05) is 0 Å². The lowest BCUT2D eigenvalue weighted by atomic mass is 10.2. The van der Waals surface area contributed by atoms with Crippen molar-refractivity contribution in [3.05, 3.63) is 54.1 Å². The molecule has 0 aliphatic heterocycles. The molecule has 2 N–H and O–H groups in total. The number of methoxy groups -OCH3 is 1. The van der Waals surface area contributed by atoms with Gasteiger partial charge in [0, 0.05) is 24.0 Å². The largest absolute Gasteiger partial charge is 0.497 e. The molecule has 0 aliphatic rings. The lowest BCUT2D eigenvalue weighted by Gasteiger charge is -2.17. The molecule has 0 unspecified atom stereocenters. The van der Waals surface area contributed by atoms with Crippen molar-refractivity contribution < 1.29 is 19.1 Å². The van der Waals surface area contributed by atoms with E-state index in [2.05, 4.69) is 10.6 Å². The Balaban J connectivity index is 1.91. The number of carbonyl (C=O) groups is 3. The summed E-state index contributed by atoms with van der Waals surface area (Å²) in [4.78, 5) is 37.3. The first-order valence-electron chi connectivity index (χ1n) is 8.39. The van der Waals surface area contributed by atoms with E-state index >= 15 is 0 Å². The Bertz CT molecular complexity index is 886. The summed E-state index contributed by atoms with van der Waals surface area (Å²) in [5, 5.41) is 13.7. The highest BCUT2D eigenvalue weighted by molar-refractivity contribution is 5.99. The second-order valence-electron chi connectivity index (χ2n) is 5.90. The van der Waals surface area contributed by atoms with Crippen LogP contribution in [0.4, 0.5) is 11.4 Å². The second-order valence-corrected chi connectivity index (χ2v) is 5.90. The molecule has 28 heavy (non-hydrogen) atoms. The molecule has 8 heteroatoms. The number of rotatable bonds is 7. The smallest absolute Gasteiger partial charge is 0.254 e. The van der Waals surface area contributed by atoms with Crippen LogP contribution in [0.5, 0.6) is 5.75 Å². The number of hydrogen-bond acceptors (Lipinski definition) is 5. The van der Waals surface area contributed by atoms with Gasteiger partial charge in [-0.1, -0.05) is 0 Å². The second kappa shape index (κ2) is 9.73. The van der Waals surface area contributed by atoms with Crippen LogP contribution in [0.25, 0.3) is 0 Å². The van der Waals surface area contributed by atoms with Crippen molar-refractivity contribution >= 4 is 29.1 Å². The van der Waals surface area contributed by atoms with Crippen molar-refractivity contribution in [1.82, 2.24) is 4.90 Å². The molecule has 3 amide bonds. The minimum Gasteiger partial charge on any atom is -0.497 e. The quantitative estimate of drug-likeness (QED) is 0.765. The van der Waals surface area contributed by atoms with Crippen molar-refractivity contribution in [2.45, 2.75) is 6.42 Å². The summed E-state index contributed by atoms with van der Waals surface area (Å²) >= 11 is 0. The Labute approximate surface area is 162 Å². The maximum absolute atomic E-state index is 12.5. The lowest BCUT2D eigenvalue weighted by Crippen LogP contribution is -2.34. The van der Waals surface area contributed by atoms with Crippen LogP contribution in [-0.4, -0.2) is 43.3 Å². The summed E-state index contributed by atoms with van der Waals surface area (Å²) in [5.41, 5.74) is 1.46. The van der Waals surface area contributed by atoms with Crippen molar-refractivity contribution in [2.75, 3.05) is 31.3 Å². The number of ether oxygens (including phenoxy) is 1. The van der Waals surface area contributed by atoms with Crippen LogP contribution >= 0.6 is 0 Å². The zero-order valence-corrected chi connectivity index (χ0v) is 15.6. The predicted octanol–water partition coefficient (Wildman–Crippen LogP) is 2.26. The highest BCUT2D eigenvalue weighted by atomic mass is 16.5. The average Bonchev–Trinajstić information content (AvgIpc) is 2.68. The number of amides is 3. The Morgan fingerprint density at radius 2 is 1.50 bits per heavy atom. The van der Waals surface area contributed by atoms with Gasteiger partial charge in [-0.3, -0.25) is 14.4 Å². The number of nitriles is 1. The topological polar surface area (TPSA) is 112 Å². The van der Waals surface area contributed by atoms with Crippen LogP contribution in [0.3, 0.4) is 0 Å². The summed E-state index contributed by atoms with van der Waals surface area (Å²) in [5.74, 6) is -0.410. The van der Waals surface area contributed by atoms with E-state index in [-0.39, 0.29) is 24.8 Å². The summed E-state index contributed by atoms with van der Waals surface area (Å²) in [6, 6.07) is 14.8. The van der Waals surface area contributed by atoms with Gasteiger partial charge >= 0.3 is 0 Å². The van der Waals surface area contributed by atoms with Crippen LogP contribution in [0.2, 0.25) is 0 Å². The Morgan fingerprint density at radius 3 is 2.04 bits per heavy atom. The Kier molecular flexibility index (Phi) is 7.11. The van der Waals surface area contributed by atoms with Gasteiger partial charge in [0.05, 0.1) is 19.7 Å². The standard InChI is InChI=1S/C20H20N4O4/c1-24(13-19(26)23-16-7-9-17(28-2)10-8-16)20(27)14-3-5-15(6-4-14)22-18(25)11-12-21/h3-10H,11,13H2,1-2H3,(H,22,25)(H,23,26). The molecule has 0 aromatic heterocycles. The first-order valence-corrected chi connectivity index (χ1v) is 8.39. The molecule has 0 spiro atoms. The summed E-state index contributed by atoms with van der Waals surface area (Å²) < 4.78 is 5.06. The molecule has 0 aliphatic carbocycles. The van der Waals surface area contributed by atoms with Crippen molar-refractivity contribution in [1.29, 1.82) is 5.26 Å². The van der Waals surface area contributed by atoms with Crippen LogP contribution in [0.1, 0.15) is 16.8 Å². The number of benzene rings is 2. The van der Waals surface area contributed by atoms with E-state index in [0.29, 0.717) is 22.7 Å². The molecule has 0 atom stereocenters. The van der Waals surface area contributed by atoms with Gasteiger partial charge in [0.25, 0.3) is 5.91 Å². The van der Waals surface area contributed by atoms with Gasteiger partial charge in [-0.2, -0.15) is 5.26 Å². The first kappa shape index (κ1) is 20.5. The summed E-state index contributed by atoms with van der Waals surface area (Å²) in [6.45, 7) is -0.120. The normalized spacial score (nSPS) is 9.75. The minimum atomic E-state index is -0.422. The number of hydrogen-bond donors (Lipinski definition) is 2. The van der Waals surface area contributed by atoms with E-state index in [0.717, 1.165) is 0 Å². The maximum atomic E-state index is 12.5. The molecule has 2 aromatic carbocycles. The van der Waals surface area contributed by atoms with Gasteiger partial charge < -0.3 is 20.3 Å². The highest BCUT2D eigenvalue weighted by Crippen LogP contribution is 2.15. The van der Waals surface area contributed by atoms with Gasteiger partial charge in [0.1, 0.15) is 12.2 Å². The predicted molar refractivity (Wildman–Crippen MR) is 104 cm³/mol. The van der Waals surface area contributed by atoms with Crippen LogP contribution in [-0.2, 0) is 9.59 Å². The molecule has 2 aromatic rings. The van der Waals surface area contributed by atoms with E-state index < -0.39 is 5.91 Å². The third-order valence-electron chi connectivity index (χ3n) is 3.76. The van der Waals surface area contributed by atoms with E-state index in [1.54, 1.807) is 61.7 Å². The fraction of sp³-hybridized carbons (Fsp3) is 0.200. The molecule has 2 rings (SSSR count). The number of nitrogens with zero attached hydrogens (tertiary/aromatic N) is 2. The monoisotopic (exact) mass is 380 g/mol. The first-order chi connectivity index (χ1) is 13.4. The molecule has 8 nitrogen and oxygen atoms in total. The van der Waals surface area contributed by atoms with Gasteiger partial charge in [-0.25, -0.2) is 0 Å². The molecule has 0 saturated carbocycles. The molecule has 0 bridgehead atoms. The van der Waals surface area contributed by atoms with E-state index in [9.17, 15) is 14.4 Å². The van der Waals surface area contributed by atoms with Gasteiger partial charge in [-0.15, -0.1) is 0 Å². The van der Waals surface area contributed by atoms with Gasteiger partial charge in [0.15, 0.2) is 0 Å². The van der Waals surface area contributed by atoms with Crippen molar-refractivity contribution in [2.24, 2.45) is 0 Å². The fourth-order valence-electron chi connectivity index (χ4n) is 2.36. The summed E-state index contributed by atoms with van der Waals surface area (Å²) in [7, 11) is 3.08. The number of nitrogens with one attached hydrogen (secondary N) is 2. The highest BCUT2D eigenvalue weighted by Gasteiger charge is 2.15. The van der Waals surface area contributed by atoms with Crippen LogP contribution < -0.4 is 15.4 Å². The Hall–Kier alpha value is -3.86. The summed E-state index contributed by atoms with van der Waals surface area (Å²) in [6.07, 6.45) is -0.243. The maximum Gasteiger partial charge on any atom is 0.254 e. The number of anilines is 2. The number of carbonyl (C=O) groups excluding carboxylic acids is 3. The Morgan fingerprint density at radius 1 is 0.964 bits per heavy atom. The van der Waals surface area contributed by atoms with Crippen LogP contribution in [0, 0.1) is 11.3 Å². The molecule has 144 valence electrons. The zero-order valence-electron chi connectivity index (χ0n) is 15.6. The van der Waals surface area contributed by atoms with Gasteiger partial charge in [0.2, 0.25) is 11.8 Å². The zero-order chi connectivity index (χ0) is 20.5. The van der Waals surface area contributed by atoms with Crippen molar-refractivity contribution in [3.63, 3.8) is 0 Å². The third-order valence-corrected chi connectivity index (χ3v) is 3.76. The average molecular weight is 380 g/mol. The molecule has 0 fully saturated rings. The number of likely N-dealkylation sites (N-methyl/N-ethyl adjacent to an activating group) is 1. The fourth-order valence-corrected chi connectivity index (χ4v) is 2.36. The molecule has 0 radical (unpaired) electrons. The van der Waals surface area contributed by atoms with Crippen molar-refractivity contribution in [3.8, 4) is 11.8 Å². The van der Waals surface area contributed by atoms with Crippen LogP contribution in [0.15, 0.2) is 48.5 Å². The minimum absolute atomic E-state index is 0.120.